The van der Waals surface area contributed by atoms with Crippen LogP contribution in [0.3, 0.4) is 0 Å². The molecule has 1 N–H and O–H groups in total. The summed E-state index contributed by atoms with van der Waals surface area (Å²) in [5.41, 5.74) is 1.13. The van der Waals surface area contributed by atoms with Gasteiger partial charge in [-0.05, 0) is 12.6 Å². The largest absolute Gasteiger partial charge is 0.479 e. The van der Waals surface area contributed by atoms with Gasteiger partial charge in [0.1, 0.15) is 0 Å². The molecule has 0 saturated heterocycles. The molecule has 1 atom stereocenters. The van der Waals surface area contributed by atoms with Crippen molar-refractivity contribution in [3.8, 4) is 0 Å². The van der Waals surface area contributed by atoms with Crippen LogP contribution < -0.4 is 0 Å². The number of nitrogens with zero attached hydrogens (tertiary/aromatic N) is 1. The van der Waals surface area contributed by atoms with E-state index in [0.717, 1.165) is 5.56 Å². The first kappa shape index (κ1) is 15.9. The third-order valence-electron chi connectivity index (χ3n) is 2.33. The number of rotatable bonds is 6. The molecule has 0 radical (unpaired) electrons. The fourth-order valence-electron chi connectivity index (χ4n) is 1.43. The van der Waals surface area contributed by atoms with E-state index in [0.29, 0.717) is 13.1 Å². The number of hydrogen-bond acceptors (Lipinski definition) is 2. The lowest BCUT2D eigenvalue weighted by molar-refractivity contribution is -0.143. The smallest absolute Gasteiger partial charge is 0.338 e. The van der Waals surface area contributed by atoms with Gasteiger partial charge in [-0.15, -0.1) is 12.4 Å². The molecule has 96 valence electrons. The van der Waals surface area contributed by atoms with Crippen LogP contribution in [-0.4, -0.2) is 35.7 Å². The average Bonchev–Trinajstić information content (AvgIpc) is 2.27. The molecule has 1 aromatic carbocycles. The van der Waals surface area contributed by atoms with Crippen molar-refractivity contribution in [1.82, 2.24) is 4.90 Å². The number of halogens is 2. The maximum absolute atomic E-state index is 12.8. The second-order valence-corrected chi connectivity index (χ2v) is 3.82. The Morgan fingerprint density at radius 3 is 2.53 bits per heavy atom. The van der Waals surface area contributed by atoms with Crippen LogP contribution in [0.5, 0.6) is 0 Å². The van der Waals surface area contributed by atoms with E-state index in [1.165, 1.54) is 0 Å². The topological polar surface area (TPSA) is 40.5 Å². The first-order valence-corrected chi connectivity index (χ1v) is 5.19. The van der Waals surface area contributed by atoms with Gasteiger partial charge in [-0.2, -0.15) is 0 Å². The van der Waals surface area contributed by atoms with Gasteiger partial charge < -0.3 is 10.0 Å². The molecule has 0 heterocycles. The van der Waals surface area contributed by atoms with E-state index in [9.17, 15) is 9.18 Å². The first-order valence-electron chi connectivity index (χ1n) is 5.19. The molecule has 0 fully saturated rings. The van der Waals surface area contributed by atoms with Crippen LogP contribution in [0, 0.1) is 0 Å². The van der Waals surface area contributed by atoms with Crippen LogP contribution in [0.25, 0.3) is 0 Å². The minimum absolute atomic E-state index is 0. The summed E-state index contributed by atoms with van der Waals surface area (Å²) >= 11 is 0. The van der Waals surface area contributed by atoms with Crippen molar-refractivity contribution in [3.63, 3.8) is 0 Å². The van der Waals surface area contributed by atoms with Crippen molar-refractivity contribution in [2.24, 2.45) is 0 Å². The molecule has 0 aliphatic heterocycles. The molecule has 0 amide bonds. The van der Waals surface area contributed by atoms with Gasteiger partial charge in [0.15, 0.2) is 6.17 Å². The lowest BCUT2D eigenvalue weighted by atomic mass is 10.2. The van der Waals surface area contributed by atoms with Crippen LogP contribution in [0.15, 0.2) is 30.3 Å². The molecule has 0 aliphatic carbocycles. The summed E-state index contributed by atoms with van der Waals surface area (Å²) in [5, 5.41) is 8.39. The molecule has 0 saturated carbocycles. The predicted octanol–water partition coefficient (Wildman–Crippen LogP) is 2.35. The van der Waals surface area contributed by atoms with E-state index < -0.39 is 12.1 Å². The SMILES string of the molecule is CN(CC[C@@H](F)C(=O)O)Cc1ccccc1.Cl. The highest BCUT2D eigenvalue weighted by Crippen LogP contribution is 2.05. The van der Waals surface area contributed by atoms with Gasteiger partial charge in [0.2, 0.25) is 0 Å². The minimum Gasteiger partial charge on any atom is -0.479 e. The Morgan fingerprint density at radius 1 is 1.41 bits per heavy atom. The summed E-state index contributed by atoms with van der Waals surface area (Å²) in [6, 6.07) is 9.80. The van der Waals surface area contributed by atoms with Crippen molar-refractivity contribution in [3.05, 3.63) is 35.9 Å². The Bertz CT molecular complexity index is 335. The molecule has 0 aromatic heterocycles. The van der Waals surface area contributed by atoms with E-state index in [-0.39, 0.29) is 18.8 Å². The van der Waals surface area contributed by atoms with E-state index in [4.69, 9.17) is 5.11 Å². The van der Waals surface area contributed by atoms with E-state index in [1.807, 2.05) is 42.3 Å². The molecule has 1 rings (SSSR count). The molecule has 0 aliphatic rings. The van der Waals surface area contributed by atoms with Crippen molar-refractivity contribution in [2.75, 3.05) is 13.6 Å². The lowest BCUT2D eigenvalue weighted by Gasteiger charge is -2.16. The van der Waals surface area contributed by atoms with Crippen LogP contribution in [-0.2, 0) is 11.3 Å². The monoisotopic (exact) mass is 261 g/mol. The third-order valence-corrected chi connectivity index (χ3v) is 2.33. The molecule has 17 heavy (non-hydrogen) atoms. The Balaban J connectivity index is 0.00000256. The number of carboxylic acid groups (broad SMARTS) is 1. The van der Waals surface area contributed by atoms with Gasteiger partial charge in [-0.3, -0.25) is 0 Å². The van der Waals surface area contributed by atoms with E-state index in [2.05, 4.69) is 0 Å². The Hall–Kier alpha value is -1.13. The number of hydrogen-bond donors (Lipinski definition) is 1. The number of carboxylic acids is 1. The van der Waals surface area contributed by atoms with Crippen molar-refractivity contribution in [1.29, 1.82) is 0 Å². The summed E-state index contributed by atoms with van der Waals surface area (Å²) in [7, 11) is 1.85. The minimum atomic E-state index is -1.77. The lowest BCUT2D eigenvalue weighted by Crippen LogP contribution is -2.25. The van der Waals surface area contributed by atoms with E-state index >= 15 is 0 Å². The molecular weight excluding hydrogens is 245 g/mol. The summed E-state index contributed by atoms with van der Waals surface area (Å²) in [4.78, 5) is 12.2. The van der Waals surface area contributed by atoms with Crippen molar-refractivity contribution >= 4 is 18.4 Å². The molecule has 0 spiro atoms. The van der Waals surface area contributed by atoms with Gasteiger partial charge >= 0.3 is 5.97 Å². The summed E-state index contributed by atoms with van der Waals surface area (Å²) in [6.45, 7) is 1.13. The van der Waals surface area contributed by atoms with Crippen molar-refractivity contribution in [2.45, 2.75) is 19.1 Å². The van der Waals surface area contributed by atoms with Crippen molar-refractivity contribution < 1.29 is 14.3 Å². The van der Waals surface area contributed by atoms with Gasteiger partial charge in [-0.1, -0.05) is 30.3 Å². The highest BCUT2D eigenvalue weighted by atomic mass is 35.5. The van der Waals surface area contributed by atoms with E-state index in [1.54, 1.807) is 0 Å². The maximum Gasteiger partial charge on any atom is 0.338 e. The number of aliphatic carboxylic acids is 1. The second-order valence-electron chi connectivity index (χ2n) is 3.82. The fourth-order valence-corrected chi connectivity index (χ4v) is 1.43. The second kappa shape index (κ2) is 8.03. The highest BCUT2D eigenvalue weighted by Gasteiger charge is 2.15. The average molecular weight is 262 g/mol. The van der Waals surface area contributed by atoms with Crippen LogP contribution in [0.1, 0.15) is 12.0 Å². The zero-order valence-electron chi connectivity index (χ0n) is 9.67. The van der Waals surface area contributed by atoms with Crippen LogP contribution in [0.2, 0.25) is 0 Å². The van der Waals surface area contributed by atoms with Gasteiger partial charge in [0.05, 0.1) is 0 Å². The third kappa shape index (κ3) is 6.24. The first-order chi connectivity index (χ1) is 7.59. The van der Waals surface area contributed by atoms with Gasteiger partial charge in [0, 0.05) is 19.5 Å². The predicted molar refractivity (Wildman–Crippen MR) is 67.2 cm³/mol. The summed E-state index contributed by atoms with van der Waals surface area (Å²) in [6.07, 6.45) is -1.74. The zero-order valence-corrected chi connectivity index (χ0v) is 10.5. The summed E-state index contributed by atoms with van der Waals surface area (Å²) < 4.78 is 12.8. The molecule has 0 unspecified atom stereocenters. The number of benzene rings is 1. The summed E-state index contributed by atoms with van der Waals surface area (Å²) in [5.74, 6) is -1.38. The number of carbonyl (C=O) groups is 1. The molecule has 0 bridgehead atoms. The molecule has 3 nitrogen and oxygen atoms in total. The molecule has 5 heteroatoms. The fraction of sp³-hybridized carbons (Fsp3) is 0.417. The molecular formula is C12H17ClFNO2. The van der Waals surface area contributed by atoms with Gasteiger partial charge in [0.25, 0.3) is 0 Å². The maximum atomic E-state index is 12.8. The number of alkyl halides is 1. The quantitative estimate of drug-likeness (QED) is 0.855. The normalized spacial score (nSPS) is 11.9. The van der Waals surface area contributed by atoms with Crippen LogP contribution in [0.4, 0.5) is 4.39 Å². The highest BCUT2D eigenvalue weighted by molar-refractivity contribution is 5.85. The van der Waals surface area contributed by atoms with Crippen LogP contribution >= 0.6 is 12.4 Å². The Kier molecular flexibility index (Phi) is 7.50. The Labute approximate surface area is 107 Å². The zero-order chi connectivity index (χ0) is 12.0. The Morgan fingerprint density at radius 2 is 2.00 bits per heavy atom. The molecule has 1 aromatic rings. The standard InChI is InChI=1S/C12H16FNO2.ClH/c1-14(8-7-11(13)12(15)16)9-10-5-3-2-4-6-10;/h2-6,11H,7-9H2,1H3,(H,15,16);1H/t11-;/m1./s1. The van der Waals surface area contributed by atoms with Gasteiger partial charge in [-0.25, -0.2) is 9.18 Å².